The molecule has 2 aromatic carbocycles. The second-order valence-electron chi connectivity index (χ2n) is 7.06. The van der Waals surface area contributed by atoms with Crippen LogP contribution in [0.5, 0.6) is 11.5 Å². The van der Waals surface area contributed by atoms with E-state index in [-0.39, 0.29) is 31.2 Å². The van der Waals surface area contributed by atoms with Crippen molar-refractivity contribution in [3.8, 4) is 11.5 Å². The van der Waals surface area contributed by atoms with E-state index in [9.17, 15) is 9.59 Å². The van der Waals surface area contributed by atoms with E-state index in [4.69, 9.17) is 9.47 Å². The van der Waals surface area contributed by atoms with Gasteiger partial charge in [0.1, 0.15) is 11.5 Å². The monoisotopic (exact) mass is 430 g/mol. The molecule has 8 nitrogen and oxygen atoms in total. The van der Waals surface area contributed by atoms with Gasteiger partial charge in [0.15, 0.2) is 6.61 Å². The van der Waals surface area contributed by atoms with Gasteiger partial charge in [-0.05, 0) is 29.8 Å². The smallest absolute Gasteiger partial charge is 0.274 e. The van der Waals surface area contributed by atoms with Crippen molar-refractivity contribution in [3.05, 3.63) is 94.7 Å². The Labute approximate surface area is 184 Å². The lowest BCUT2D eigenvalue weighted by Crippen LogP contribution is -2.31. The summed E-state index contributed by atoms with van der Waals surface area (Å²) in [5.41, 5.74) is 1.26. The van der Waals surface area contributed by atoms with Crippen LogP contribution in [0.15, 0.2) is 77.9 Å². The summed E-state index contributed by atoms with van der Waals surface area (Å²) in [6.07, 6.45) is 3.37. The maximum atomic E-state index is 12.9. The molecule has 0 bridgehead atoms. The van der Waals surface area contributed by atoms with Crippen LogP contribution in [0.4, 0.5) is 0 Å². The zero-order valence-electron chi connectivity index (χ0n) is 17.5. The van der Waals surface area contributed by atoms with Crippen molar-refractivity contribution >= 4 is 16.7 Å². The minimum absolute atomic E-state index is 0.152. The molecule has 0 aliphatic carbocycles. The highest BCUT2D eigenvalue weighted by Gasteiger charge is 2.12. The number of nitrogens with one attached hydrogen (secondary N) is 1. The number of amides is 1. The van der Waals surface area contributed by atoms with Crippen molar-refractivity contribution in [2.75, 3.05) is 13.7 Å². The maximum absolute atomic E-state index is 12.9. The average molecular weight is 430 g/mol. The molecule has 1 N–H and O–H groups in total. The van der Waals surface area contributed by atoms with E-state index in [1.165, 1.54) is 4.68 Å². The molecule has 0 saturated carbocycles. The van der Waals surface area contributed by atoms with Gasteiger partial charge < -0.3 is 14.8 Å². The molecule has 8 heteroatoms. The van der Waals surface area contributed by atoms with E-state index in [1.807, 2.05) is 30.3 Å². The van der Waals surface area contributed by atoms with Crippen molar-refractivity contribution in [1.29, 1.82) is 0 Å². The molecule has 0 aliphatic heterocycles. The maximum Gasteiger partial charge on any atom is 0.274 e. The van der Waals surface area contributed by atoms with Gasteiger partial charge >= 0.3 is 0 Å². The summed E-state index contributed by atoms with van der Waals surface area (Å²) < 4.78 is 12.1. The summed E-state index contributed by atoms with van der Waals surface area (Å²) >= 11 is 0. The van der Waals surface area contributed by atoms with E-state index in [0.29, 0.717) is 28.0 Å². The summed E-state index contributed by atoms with van der Waals surface area (Å²) in [4.78, 5) is 29.3. The highest BCUT2D eigenvalue weighted by atomic mass is 16.5. The van der Waals surface area contributed by atoms with Crippen LogP contribution in [0.25, 0.3) is 10.8 Å². The summed E-state index contributed by atoms with van der Waals surface area (Å²) in [5.74, 6) is 0.881. The standard InChI is InChI=1S/C24H22N4O4/c1-31-18-7-4-8-19(12-18)32-16-23(29)26-14-22-20-9-2-3-10-21(20)24(30)28(27-22)15-17-6-5-11-25-13-17/h2-13H,14-16H2,1H3,(H,26,29). The molecule has 0 saturated heterocycles. The molecule has 32 heavy (non-hydrogen) atoms. The van der Waals surface area contributed by atoms with Gasteiger partial charge in [0.2, 0.25) is 0 Å². The molecule has 0 unspecified atom stereocenters. The lowest BCUT2D eigenvalue weighted by atomic mass is 10.1. The quantitative estimate of drug-likeness (QED) is 0.462. The third kappa shape index (κ3) is 4.92. The van der Waals surface area contributed by atoms with Crippen LogP contribution < -0.4 is 20.3 Å². The van der Waals surface area contributed by atoms with E-state index < -0.39 is 0 Å². The summed E-state index contributed by atoms with van der Waals surface area (Å²) in [5, 5.41) is 8.58. The second-order valence-corrected chi connectivity index (χ2v) is 7.06. The van der Waals surface area contributed by atoms with Gasteiger partial charge in [-0.1, -0.05) is 30.3 Å². The summed E-state index contributed by atoms with van der Waals surface area (Å²) in [6, 6.07) is 18.0. The van der Waals surface area contributed by atoms with Crippen molar-refractivity contribution < 1.29 is 14.3 Å². The van der Waals surface area contributed by atoms with Gasteiger partial charge in [0.25, 0.3) is 11.5 Å². The minimum Gasteiger partial charge on any atom is -0.497 e. The van der Waals surface area contributed by atoms with Crippen LogP contribution in [0, 0.1) is 0 Å². The number of hydrogen-bond acceptors (Lipinski definition) is 6. The molecule has 0 radical (unpaired) electrons. The van der Waals surface area contributed by atoms with E-state index in [0.717, 1.165) is 5.56 Å². The first kappa shape index (κ1) is 21.0. The number of fused-ring (bicyclic) bond motifs is 1. The number of carbonyl (C=O) groups is 1. The Hall–Kier alpha value is -4.20. The SMILES string of the molecule is COc1cccc(OCC(=O)NCc2nn(Cc3cccnc3)c(=O)c3ccccc23)c1. The Balaban J connectivity index is 1.49. The first-order valence-corrected chi connectivity index (χ1v) is 10.1. The first-order chi connectivity index (χ1) is 15.6. The molecule has 0 fully saturated rings. The highest BCUT2D eigenvalue weighted by Crippen LogP contribution is 2.18. The normalized spacial score (nSPS) is 10.7. The van der Waals surface area contributed by atoms with Crippen LogP contribution in [0.1, 0.15) is 11.3 Å². The lowest BCUT2D eigenvalue weighted by Gasteiger charge is -2.12. The van der Waals surface area contributed by atoms with E-state index >= 15 is 0 Å². The molecule has 1 amide bonds. The number of methoxy groups -OCH3 is 1. The Kier molecular flexibility index (Phi) is 6.41. The van der Waals surface area contributed by atoms with Crippen molar-refractivity contribution in [1.82, 2.24) is 20.1 Å². The summed E-state index contributed by atoms with van der Waals surface area (Å²) in [6.45, 7) is 0.298. The van der Waals surface area contributed by atoms with Crippen molar-refractivity contribution in [2.45, 2.75) is 13.1 Å². The third-order valence-corrected chi connectivity index (χ3v) is 4.86. The van der Waals surface area contributed by atoms with Gasteiger partial charge in [-0.3, -0.25) is 14.6 Å². The fraction of sp³-hybridized carbons (Fsp3) is 0.167. The van der Waals surface area contributed by atoms with Crippen LogP contribution in [0.3, 0.4) is 0 Å². The van der Waals surface area contributed by atoms with Crippen molar-refractivity contribution in [3.63, 3.8) is 0 Å². The molecular formula is C24H22N4O4. The fourth-order valence-electron chi connectivity index (χ4n) is 3.28. The molecular weight excluding hydrogens is 408 g/mol. The van der Waals surface area contributed by atoms with Crippen LogP contribution in [-0.2, 0) is 17.9 Å². The number of benzene rings is 2. The zero-order chi connectivity index (χ0) is 22.3. The fourth-order valence-corrected chi connectivity index (χ4v) is 3.28. The van der Waals surface area contributed by atoms with Gasteiger partial charge in [-0.2, -0.15) is 5.10 Å². The Morgan fingerprint density at radius 1 is 1.03 bits per heavy atom. The topological polar surface area (TPSA) is 95.3 Å². The lowest BCUT2D eigenvalue weighted by molar-refractivity contribution is -0.123. The molecule has 162 valence electrons. The molecule has 4 aromatic rings. The van der Waals surface area contributed by atoms with Crippen molar-refractivity contribution in [2.24, 2.45) is 0 Å². The molecule has 0 atom stereocenters. The van der Waals surface area contributed by atoms with Crippen LogP contribution in [0.2, 0.25) is 0 Å². The van der Waals surface area contributed by atoms with Gasteiger partial charge in [0, 0.05) is 23.8 Å². The Morgan fingerprint density at radius 3 is 2.62 bits per heavy atom. The van der Waals surface area contributed by atoms with E-state index in [1.54, 1.807) is 49.8 Å². The zero-order valence-corrected chi connectivity index (χ0v) is 17.5. The van der Waals surface area contributed by atoms with Gasteiger partial charge in [-0.25, -0.2) is 4.68 Å². The molecule has 0 aliphatic rings. The number of hydrogen-bond donors (Lipinski definition) is 1. The number of pyridine rings is 1. The minimum atomic E-state index is -0.302. The molecule has 0 spiro atoms. The van der Waals surface area contributed by atoms with Gasteiger partial charge in [-0.15, -0.1) is 0 Å². The highest BCUT2D eigenvalue weighted by molar-refractivity contribution is 5.84. The number of aromatic nitrogens is 3. The number of rotatable bonds is 8. The van der Waals surface area contributed by atoms with Crippen LogP contribution in [-0.4, -0.2) is 34.4 Å². The third-order valence-electron chi connectivity index (χ3n) is 4.86. The Morgan fingerprint density at radius 2 is 1.84 bits per heavy atom. The predicted molar refractivity (Wildman–Crippen MR) is 120 cm³/mol. The molecule has 2 aromatic heterocycles. The predicted octanol–water partition coefficient (Wildman–Crippen LogP) is 2.54. The summed E-state index contributed by atoms with van der Waals surface area (Å²) in [7, 11) is 1.57. The average Bonchev–Trinajstić information content (AvgIpc) is 2.84. The number of carbonyl (C=O) groups excluding carboxylic acids is 1. The number of nitrogens with zero attached hydrogens (tertiary/aromatic N) is 3. The van der Waals surface area contributed by atoms with Gasteiger partial charge in [0.05, 0.1) is 31.3 Å². The Bertz CT molecular complexity index is 1290. The molecule has 2 heterocycles. The largest absolute Gasteiger partial charge is 0.497 e. The van der Waals surface area contributed by atoms with Crippen LogP contribution >= 0.6 is 0 Å². The number of ether oxygens (including phenoxy) is 2. The van der Waals surface area contributed by atoms with E-state index in [2.05, 4.69) is 15.4 Å². The first-order valence-electron chi connectivity index (χ1n) is 10.1. The second kappa shape index (κ2) is 9.74. The molecule has 4 rings (SSSR count).